The van der Waals surface area contributed by atoms with Crippen molar-refractivity contribution in [1.29, 1.82) is 0 Å². The van der Waals surface area contributed by atoms with E-state index in [0.29, 0.717) is 5.69 Å². The van der Waals surface area contributed by atoms with Crippen LogP contribution >= 0.6 is 0 Å². The Hall–Kier alpha value is -2.05. The zero-order valence-corrected chi connectivity index (χ0v) is 10.7. The molecule has 0 fully saturated rings. The molecule has 0 aromatic carbocycles. The molecule has 7 heteroatoms. The highest BCUT2D eigenvalue weighted by atomic mass is 16.2. The fourth-order valence-electron chi connectivity index (χ4n) is 1.50. The predicted molar refractivity (Wildman–Crippen MR) is 68.0 cm³/mol. The van der Waals surface area contributed by atoms with Gasteiger partial charge in [-0.2, -0.15) is 5.10 Å². The van der Waals surface area contributed by atoms with Gasteiger partial charge in [0.15, 0.2) is 5.69 Å². The molecule has 0 unspecified atom stereocenters. The fourth-order valence-corrected chi connectivity index (χ4v) is 1.50. The van der Waals surface area contributed by atoms with Crippen LogP contribution in [0.5, 0.6) is 0 Å². The van der Waals surface area contributed by atoms with Gasteiger partial charge in [0.05, 0.1) is 11.4 Å². The van der Waals surface area contributed by atoms with Crippen LogP contribution in [0.4, 0.5) is 5.69 Å². The molecule has 0 spiro atoms. The Morgan fingerprint density at radius 1 is 1.44 bits per heavy atom. The van der Waals surface area contributed by atoms with Gasteiger partial charge < -0.3 is 16.4 Å². The van der Waals surface area contributed by atoms with E-state index >= 15 is 0 Å². The van der Waals surface area contributed by atoms with Crippen LogP contribution in [-0.2, 0) is 11.2 Å². The molecule has 7 nitrogen and oxygen atoms in total. The van der Waals surface area contributed by atoms with Crippen LogP contribution in [0.1, 0.15) is 35.9 Å². The van der Waals surface area contributed by atoms with Crippen LogP contribution in [0, 0.1) is 0 Å². The maximum absolute atomic E-state index is 11.7. The summed E-state index contributed by atoms with van der Waals surface area (Å²) in [5.74, 6) is -0.494. The molecule has 0 radical (unpaired) electrons. The number of nitrogens with one attached hydrogen (secondary N) is 3. The highest BCUT2D eigenvalue weighted by molar-refractivity contribution is 5.97. The Morgan fingerprint density at radius 2 is 2.17 bits per heavy atom. The van der Waals surface area contributed by atoms with Gasteiger partial charge in [0.1, 0.15) is 0 Å². The average Bonchev–Trinajstić information content (AvgIpc) is 2.71. The maximum atomic E-state index is 11.7. The SMILES string of the molecule is CCCc1[nH]nc(C(=O)NCCC(=O)NC)c1N. The lowest BCUT2D eigenvalue weighted by molar-refractivity contribution is -0.120. The molecule has 5 N–H and O–H groups in total. The summed E-state index contributed by atoms with van der Waals surface area (Å²) in [5, 5.41) is 11.7. The summed E-state index contributed by atoms with van der Waals surface area (Å²) >= 11 is 0. The van der Waals surface area contributed by atoms with Crippen molar-refractivity contribution < 1.29 is 9.59 Å². The van der Waals surface area contributed by atoms with Gasteiger partial charge in [-0.1, -0.05) is 13.3 Å². The molecule has 18 heavy (non-hydrogen) atoms. The van der Waals surface area contributed by atoms with E-state index in [0.717, 1.165) is 18.5 Å². The lowest BCUT2D eigenvalue weighted by Crippen LogP contribution is -2.29. The number of aromatic amines is 1. The van der Waals surface area contributed by atoms with Gasteiger partial charge in [0.25, 0.3) is 5.91 Å². The first kappa shape index (κ1) is 14.0. The van der Waals surface area contributed by atoms with Crippen molar-refractivity contribution in [3.63, 3.8) is 0 Å². The summed E-state index contributed by atoms with van der Waals surface area (Å²) in [6.45, 7) is 2.28. The smallest absolute Gasteiger partial charge is 0.273 e. The van der Waals surface area contributed by atoms with Crippen molar-refractivity contribution in [1.82, 2.24) is 20.8 Å². The van der Waals surface area contributed by atoms with E-state index in [1.807, 2.05) is 6.92 Å². The number of amides is 2. The van der Waals surface area contributed by atoms with E-state index < -0.39 is 0 Å². The summed E-state index contributed by atoms with van der Waals surface area (Å²) in [6, 6.07) is 0. The first-order chi connectivity index (χ1) is 8.60. The molecule has 1 heterocycles. The van der Waals surface area contributed by atoms with E-state index in [4.69, 9.17) is 5.73 Å². The van der Waals surface area contributed by atoms with Crippen LogP contribution in [0.25, 0.3) is 0 Å². The number of carbonyl (C=O) groups is 2. The molecule has 1 aromatic rings. The number of aromatic nitrogens is 2. The predicted octanol–water partition coefficient (Wildman–Crippen LogP) is -0.190. The lowest BCUT2D eigenvalue weighted by Gasteiger charge is -2.03. The number of hydrogen-bond acceptors (Lipinski definition) is 4. The van der Waals surface area contributed by atoms with Crippen LogP contribution in [0.15, 0.2) is 0 Å². The lowest BCUT2D eigenvalue weighted by atomic mass is 10.2. The first-order valence-electron chi connectivity index (χ1n) is 5.91. The number of aryl methyl sites for hydroxylation is 1. The number of hydrogen-bond donors (Lipinski definition) is 4. The van der Waals surface area contributed by atoms with Gasteiger partial charge in [-0.25, -0.2) is 0 Å². The molecule has 1 aromatic heterocycles. The minimum absolute atomic E-state index is 0.128. The number of rotatable bonds is 6. The number of H-pyrrole nitrogens is 1. The zero-order chi connectivity index (χ0) is 13.5. The highest BCUT2D eigenvalue weighted by Gasteiger charge is 2.16. The second kappa shape index (κ2) is 6.63. The van der Waals surface area contributed by atoms with Gasteiger partial charge in [-0.15, -0.1) is 0 Å². The standard InChI is InChI=1S/C11H19N5O2/c1-3-4-7-9(12)10(16-15-7)11(18)14-6-5-8(17)13-2/h3-6,12H2,1-2H3,(H,13,17)(H,14,18)(H,15,16). The Morgan fingerprint density at radius 3 is 2.78 bits per heavy atom. The van der Waals surface area contributed by atoms with E-state index in [1.54, 1.807) is 7.05 Å². The quantitative estimate of drug-likeness (QED) is 0.562. The third-order valence-electron chi connectivity index (χ3n) is 2.51. The molecule has 100 valence electrons. The summed E-state index contributed by atoms with van der Waals surface area (Å²) in [6.07, 6.45) is 1.91. The minimum atomic E-state index is -0.366. The van der Waals surface area contributed by atoms with E-state index in [-0.39, 0.29) is 30.5 Å². The van der Waals surface area contributed by atoms with E-state index in [2.05, 4.69) is 20.8 Å². The monoisotopic (exact) mass is 253 g/mol. The van der Waals surface area contributed by atoms with Crippen molar-refractivity contribution in [2.75, 3.05) is 19.3 Å². The second-order valence-corrected chi connectivity index (χ2v) is 3.89. The summed E-state index contributed by atoms with van der Waals surface area (Å²) in [7, 11) is 1.55. The summed E-state index contributed by atoms with van der Waals surface area (Å²) in [4.78, 5) is 22.7. The van der Waals surface area contributed by atoms with Gasteiger partial charge in [-0.3, -0.25) is 14.7 Å². The Labute approximate surface area is 106 Å². The van der Waals surface area contributed by atoms with Gasteiger partial charge >= 0.3 is 0 Å². The normalized spacial score (nSPS) is 10.1. The van der Waals surface area contributed by atoms with Crippen LogP contribution in [0.2, 0.25) is 0 Å². The van der Waals surface area contributed by atoms with E-state index in [1.165, 1.54) is 0 Å². The molecule has 1 rings (SSSR count). The van der Waals surface area contributed by atoms with Crippen molar-refractivity contribution in [2.45, 2.75) is 26.2 Å². The Balaban J connectivity index is 2.54. The molecule has 0 saturated carbocycles. The molecule has 2 amide bonds. The second-order valence-electron chi connectivity index (χ2n) is 3.89. The molecule has 0 aliphatic rings. The molecule has 0 aliphatic heterocycles. The van der Waals surface area contributed by atoms with Gasteiger partial charge in [-0.05, 0) is 6.42 Å². The van der Waals surface area contributed by atoms with Crippen molar-refractivity contribution in [3.05, 3.63) is 11.4 Å². The largest absolute Gasteiger partial charge is 0.395 e. The molecule has 0 saturated heterocycles. The number of nitrogens with two attached hydrogens (primary N) is 1. The third-order valence-corrected chi connectivity index (χ3v) is 2.51. The van der Waals surface area contributed by atoms with E-state index in [9.17, 15) is 9.59 Å². The number of anilines is 1. The first-order valence-corrected chi connectivity index (χ1v) is 5.91. The fraction of sp³-hybridized carbons (Fsp3) is 0.545. The molecular weight excluding hydrogens is 234 g/mol. The Bertz CT molecular complexity index is 427. The van der Waals surface area contributed by atoms with Gasteiger partial charge in [0.2, 0.25) is 5.91 Å². The average molecular weight is 253 g/mol. The highest BCUT2D eigenvalue weighted by Crippen LogP contribution is 2.15. The molecule has 0 aliphatic carbocycles. The number of carbonyl (C=O) groups excluding carboxylic acids is 2. The minimum Gasteiger partial charge on any atom is -0.395 e. The van der Waals surface area contributed by atoms with Gasteiger partial charge in [0, 0.05) is 20.0 Å². The number of nitrogen functional groups attached to an aromatic ring is 1. The third kappa shape index (κ3) is 3.47. The zero-order valence-electron chi connectivity index (χ0n) is 10.7. The van der Waals surface area contributed by atoms with Crippen LogP contribution < -0.4 is 16.4 Å². The van der Waals surface area contributed by atoms with Crippen molar-refractivity contribution in [2.24, 2.45) is 0 Å². The summed E-state index contributed by atoms with van der Waals surface area (Å²) < 4.78 is 0. The molecule has 0 atom stereocenters. The molecular formula is C11H19N5O2. The van der Waals surface area contributed by atoms with Crippen LogP contribution in [0.3, 0.4) is 0 Å². The van der Waals surface area contributed by atoms with Crippen molar-refractivity contribution in [3.8, 4) is 0 Å². The summed E-state index contributed by atoms with van der Waals surface area (Å²) in [5.41, 5.74) is 7.16. The molecule has 0 bridgehead atoms. The number of nitrogens with zero attached hydrogens (tertiary/aromatic N) is 1. The topological polar surface area (TPSA) is 113 Å². The van der Waals surface area contributed by atoms with Crippen molar-refractivity contribution >= 4 is 17.5 Å². The Kier molecular flexibility index (Phi) is 5.16. The maximum Gasteiger partial charge on any atom is 0.273 e. The van der Waals surface area contributed by atoms with Crippen LogP contribution in [-0.4, -0.2) is 35.6 Å².